The largest absolute Gasteiger partial charge is 0.375 e. The quantitative estimate of drug-likeness (QED) is 0.465. The number of benzene rings is 1. The minimum absolute atomic E-state index is 0.444. The lowest BCUT2D eigenvalue weighted by molar-refractivity contribution is 0.131. The molecule has 0 atom stereocenters. The highest BCUT2D eigenvalue weighted by atomic mass is 79.9. The van der Waals surface area contributed by atoms with Gasteiger partial charge in [0.05, 0.1) is 35.4 Å². The van der Waals surface area contributed by atoms with E-state index in [-0.39, 0.29) is 0 Å². The molecule has 2 rings (SSSR count). The van der Waals surface area contributed by atoms with Crippen LogP contribution in [-0.2, 0) is 11.3 Å². The number of hydrogen-bond acceptors (Lipinski definition) is 4. The summed E-state index contributed by atoms with van der Waals surface area (Å²) in [4.78, 5) is 0. The van der Waals surface area contributed by atoms with Gasteiger partial charge in [-0.05, 0) is 34.1 Å². The third kappa shape index (κ3) is 5.35. The number of hydrogen-bond donors (Lipinski definition) is 2. The molecule has 0 spiro atoms. The van der Waals surface area contributed by atoms with Gasteiger partial charge in [0, 0.05) is 24.2 Å². The number of nitriles is 1. The summed E-state index contributed by atoms with van der Waals surface area (Å²) in [5, 5.41) is 20.0. The number of rotatable bonds is 7. The van der Waals surface area contributed by atoms with Crippen LogP contribution in [0.1, 0.15) is 11.3 Å². The van der Waals surface area contributed by atoms with E-state index in [9.17, 15) is 5.26 Å². The number of aromatic nitrogens is 2. The molecule has 2 aromatic rings. The Balaban J connectivity index is 2.08. The van der Waals surface area contributed by atoms with Crippen molar-refractivity contribution >= 4 is 47.0 Å². The Labute approximate surface area is 156 Å². The number of nitrogens with one attached hydrogen (secondary N) is 2. The first kappa shape index (κ1) is 19.0. The molecule has 0 aliphatic carbocycles. The monoisotopic (exact) mass is 426 g/mol. The summed E-state index contributed by atoms with van der Waals surface area (Å²) < 4.78 is 6.48. The second-order valence-corrected chi connectivity index (χ2v) is 13.6. The van der Waals surface area contributed by atoms with Gasteiger partial charge in [0.1, 0.15) is 6.07 Å². The predicted octanol–water partition coefficient (Wildman–Crippen LogP) is 5.30. The van der Waals surface area contributed by atoms with Crippen LogP contribution >= 0.6 is 27.5 Å². The molecule has 128 valence electrons. The minimum Gasteiger partial charge on any atom is -0.375 e. The van der Waals surface area contributed by atoms with E-state index in [1.54, 1.807) is 18.3 Å². The fourth-order valence-electron chi connectivity index (χ4n) is 2.01. The SMILES string of the molecule is C[Si](C)(C)CCOCc1[nH]ncc1Nc1c(Br)cc(Cl)cc1C#N. The highest BCUT2D eigenvalue weighted by Gasteiger charge is 2.14. The van der Waals surface area contributed by atoms with Crippen LogP contribution in [0.4, 0.5) is 11.4 Å². The molecule has 0 fully saturated rings. The summed E-state index contributed by atoms with van der Waals surface area (Å²) in [6, 6.07) is 6.63. The van der Waals surface area contributed by atoms with Crippen molar-refractivity contribution in [2.45, 2.75) is 32.3 Å². The van der Waals surface area contributed by atoms with Gasteiger partial charge in [-0.2, -0.15) is 10.4 Å². The van der Waals surface area contributed by atoms with E-state index in [4.69, 9.17) is 16.3 Å². The molecular formula is C16H20BrClN4OSi. The summed E-state index contributed by atoms with van der Waals surface area (Å²) >= 11 is 9.43. The van der Waals surface area contributed by atoms with E-state index in [0.717, 1.165) is 28.5 Å². The maximum absolute atomic E-state index is 9.30. The normalized spacial score (nSPS) is 11.3. The Kier molecular flexibility index (Phi) is 6.46. The Hall–Kier alpha value is -1.33. The second kappa shape index (κ2) is 8.16. The molecule has 0 bridgehead atoms. The molecule has 8 heteroatoms. The smallest absolute Gasteiger partial charge is 0.101 e. The molecule has 0 amide bonds. The zero-order valence-electron chi connectivity index (χ0n) is 13.9. The van der Waals surface area contributed by atoms with Crippen molar-refractivity contribution in [1.82, 2.24) is 10.2 Å². The van der Waals surface area contributed by atoms with Crippen molar-refractivity contribution in [3.8, 4) is 6.07 Å². The lowest BCUT2D eigenvalue weighted by atomic mass is 10.2. The van der Waals surface area contributed by atoms with Crippen molar-refractivity contribution in [2.75, 3.05) is 11.9 Å². The molecule has 1 aromatic heterocycles. The van der Waals surface area contributed by atoms with Gasteiger partial charge >= 0.3 is 0 Å². The van der Waals surface area contributed by atoms with Crippen LogP contribution in [0.15, 0.2) is 22.8 Å². The first-order valence-electron chi connectivity index (χ1n) is 7.56. The summed E-state index contributed by atoms with van der Waals surface area (Å²) in [5.41, 5.74) is 2.74. The number of aromatic amines is 1. The molecule has 0 aliphatic heterocycles. The molecule has 1 heterocycles. The third-order valence-corrected chi connectivity index (χ3v) is 5.94. The minimum atomic E-state index is -1.10. The van der Waals surface area contributed by atoms with Gasteiger partial charge < -0.3 is 10.1 Å². The van der Waals surface area contributed by atoms with Crippen molar-refractivity contribution in [3.05, 3.63) is 39.1 Å². The summed E-state index contributed by atoms with van der Waals surface area (Å²) in [5.74, 6) is 0. The van der Waals surface area contributed by atoms with Crippen molar-refractivity contribution < 1.29 is 4.74 Å². The lowest BCUT2D eigenvalue weighted by Gasteiger charge is -2.15. The average Bonchev–Trinajstić information content (AvgIpc) is 2.92. The summed E-state index contributed by atoms with van der Waals surface area (Å²) in [6.07, 6.45) is 1.68. The van der Waals surface area contributed by atoms with Crippen LogP contribution < -0.4 is 5.32 Å². The Morgan fingerprint density at radius 1 is 1.42 bits per heavy atom. The molecule has 0 radical (unpaired) electrons. The Morgan fingerprint density at radius 2 is 2.17 bits per heavy atom. The highest BCUT2D eigenvalue weighted by Crippen LogP contribution is 2.33. The molecular weight excluding hydrogens is 408 g/mol. The molecule has 1 aromatic carbocycles. The number of halogens is 2. The van der Waals surface area contributed by atoms with Crippen LogP contribution in [0, 0.1) is 11.3 Å². The average molecular weight is 428 g/mol. The van der Waals surface area contributed by atoms with Gasteiger partial charge in [0.2, 0.25) is 0 Å². The standard InChI is InChI=1S/C16H20BrClN4OSi/c1-24(2,3)5-4-23-10-15-14(9-20-22-15)21-16-11(8-19)6-12(18)7-13(16)17/h6-7,9,21H,4-5,10H2,1-3H3,(H,20,22). The summed E-state index contributed by atoms with van der Waals surface area (Å²) in [6.45, 7) is 8.14. The van der Waals surface area contributed by atoms with Crippen molar-refractivity contribution in [3.63, 3.8) is 0 Å². The summed E-state index contributed by atoms with van der Waals surface area (Å²) in [7, 11) is -1.10. The first-order chi connectivity index (χ1) is 11.3. The van der Waals surface area contributed by atoms with Crippen LogP contribution in [0.2, 0.25) is 30.7 Å². The van der Waals surface area contributed by atoms with Gasteiger partial charge in [0.15, 0.2) is 0 Å². The second-order valence-electron chi connectivity index (χ2n) is 6.67. The lowest BCUT2D eigenvalue weighted by Crippen LogP contribution is -2.21. The van der Waals surface area contributed by atoms with Gasteiger partial charge in [-0.1, -0.05) is 31.2 Å². The molecule has 0 aliphatic rings. The Bertz CT molecular complexity index is 752. The number of anilines is 2. The van der Waals surface area contributed by atoms with Crippen LogP contribution in [0.5, 0.6) is 0 Å². The molecule has 5 nitrogen and oxygen atoms in total. The highest BCUT2D eigenvalue weighted by molar-refractivity contribution is 9.10. The number of nitrogens with zero attached hydrogens (tertiary/aromatic N) is 2. The zero-order chi connectivity index (χ0) is 17.7. The van der Waals surface area contributed by atoms with Gasteiger partial charge in [-0.3, -0.25) is 5.10 Å². The fourth-order valence-corrected chi connectivity index (χ4v) is 3.67. The van der Waals surface area contributed by atoms with Crippen LogP contribution in [0.3, 0.4) is 0 Å². The van der Waals surface area contributed by atoms with Crippen LogP contribution in [0.25, 0.3) is 0 Å². The first-order valence-corrected chi connectivity index (χ1v) is 12.4. The zero-order valence-corrected chi connectivity index (χ0v) is 17.3. The predicted molar refractivity (Wildman–Crippen MR) is 104 cm³/mol. The number of H-pyrrole nitrogens is 1. The molecule has 0 unspecified atom stereocenters. The van der Waals surface area contributed by atoms with E-state index >= 15 is 0 Å². The number of ether oxygens (including phenoxy) is 1. The van der Waals surface area contributed by atoms with E-state index in [1.807, 2.05) is 0 Å². The van der Waals surface area contributed by atoms with Gasteiger partial charge in [-0.25, -0.2) is 0 Å². The Morgan fingerprint density at radius 3 is 2.83 bits per heavy atom. The van der Waals surface area contributed by atoms with E-state index in [0.29, 0.717) is 22.9 Å². The van der Waals surface area contributed by atoms with Crippen LogP contribution in [-0.4, -0.2) is 24.9 Å². The molecule has 24 heavy (non-hydrogen) atoms. The molecule has 2 N–H and O–H groups in total. The van der Waals surface area contributed by atoms with Gasteiger partial charge in [0.25, 0.3) is 0 Å². The van der Waals surface area contributed by atoms with Crippen molar-refractivity contribution in [2.24, 2.45) is 0 Å². The van der Waals surface area contributed by atoms with Gasteiger partial charge in [-0.15, -0.1) is 0 Å². The van der Waals surface area contributed by atoms with E-state index in [2.05, 4.69) is 57.2 Å². The maximum atomic E-state index is 9.30. The van der Waals surface area contributed by atoms with E-state index in [1.165, 1.54) is 0 Å². The third-order valence-electron chi connectivity index (χ3n) is 3.40. The fraction of sp³-hybridized carbons (Fsp3) is 0.375. The molecule has 0 saturated carbocycles. The topological polar surface area (TPSA) is 73.7 Å². The maximum Gasteiger partial charge on any atom is 0.101 e. The van der Waals surface area contributed by atoms with E-state index < -0.39 is 8.07 Å². The molecule has 0 saturated heterocycles. The van der Waals surface area contributed by atoms with Crippen molar-refractivity contribution in [1.29, 1.82) is 5.26 Å².